The van der Waals surface area contributed by atoms with E-state index in [0.717, 1.165) is 29.2 Å². The molecule has 2 aromatic heterocycles. The van der Waals surface area contributed by atoms with E-state index < -0.39 is 4.93 Å². The van der Waals surface area contributed by atoms with Gasteiger partial charge in [-0.1, -0.05) is 18.2 Å². The summed E-state index contributed by atoms with van der Waals surface area (Å²) in [7, 11) is 5.35. The highest BCUT2D eigenvalue weighted by molar-refractivity contribution is 7.81. The minimum absolute atomic E-state index is 0.0959. The van der Waals surface area contributed by atoms with Gasteiger partial charge in [0.25, 0.3) is 5.91 Å². The molecule has 180 valence electrons. The highest BCUT2D eigenvalue weighted by Crippen LogP contribution is 2.37. The quantitative estimate of drug-likeness (QED) is 0.345. The molecule has 34 heavy (non-hydrogen) atoms. The number of hydrogen-bond acceptors (Lipinski definition) is 9. The summed E-state index contributed by atoms with van der Waals surface area (Å²) in [5, 5.41) is 5.20. The summed E-state index contributed by atoms with van der Waals surface area (Å²) in [4.78, 5) is 25.8. The molecule has 0 aliphatic carbocycles. The van der Waals surface area contributed by atoms with E-state index in [1.165, 1.54) is 13.3 Å². The number of methoxy groups -OCH3 is 1. The largest absolute Gasteiger partial charge is 0.472 e. The number of fused-ring (bicyclic) bond motifs is 1. The van der Waals surface area contributed by atoms with Crippen molar-refractivity contribution in [2.24, 2.45) is 0 Å². The first kappa shape index (κ1) is 24.3. The molecule has 1 aliphatic rings. The van der Waals surface area contributed by atoms with Crippen LogP contribution in [0.1, 0.15) is 27.2 Å². The van der Waals surface area contributed by atoms with Gasteiger partial charge in [0, 0.05) is 39.3 Å². The van der Waals surface area contributed by atoms with Crippen LogP contribution in [0, 0.1) is 0 Å². The smallest absolute Gasteiger partial charge is 0.318 e. The fourth-order valence-corrected chi connectivity index (χ4v) is 5.03. The molecule has 0 radical (unpaired) electrons. The molecule has 10 heteroatoms. The fourth-order valence-electron chi connectivity index (χ4n) is 3.79. The molecule has 1 amide bonds. The van der Waals surface area contributed by atoms with Gasteiger partial charge in [-0.2, -0.15) is 4.98 Å². The van der Waals surface area contributed by atoms with Crippen LogP contribution in [-0.2, 0) is 11.5 Å². The Morgan fingerprint density at radius 1 is 1.24 bits per heavy atom. The number of anilines is 1. The third kappa shape index (κ3) is 5.29. The van der Waals surface area contributed by atoms with Crippen molar-refractivity contribution in [2.45, 2.75) is 17.9 Å². The summed E-state index contributed by atoms with van der Waals surface area (Å²) in [6.07, 6.45) is 2.26. The van der Waals surface area contributed by atoms with Crippen LogP contribution in [0.5, 0.6) is 11.8 Å². The molecule has 1 N–H and O–H groups in total. The number of carbonyl (C=O) groups is 1. The number of amides is 1. The van der Waals surface area contributed by atoms with E-state index in [1.54, 1.807) is 11.3 Å². The van der Waals surface area contributed by atoms with E-state index >= 15 is 0 Å². The second-order valence-corrected chi connectivity index (χ2v) is 9.77. The maximum absolute atomic E-state index is 13.2. The lowest BCUT2D eigenvalue weighted by atomic mass is 10.1. The topological polar surface area (TPSA) is 79.8 Å². The van der Waals surface area contributed by atoms with Crippen LogP contribution in [0.15, 0.2) is 48.0 Å². The number of thiol groups is 1. The van der Waals surface area contributed by atoms with E-state index in [9.17, 15) is 4.79 Å². The monoisotopic (exact) mass is 499 g/mol. The van der Waals surface area contributed by atoms with Gasteiger partial charge in [0.1, 0.15) is 17.1 Å². The van der Waals surface area contributed by atoms with Gasteiger partial charge in [-0.05, 0) is 42.7 Å². The fraction of sp³-hybridized carbons (Fsp3) is 0.375. The summed E-state index contributed by atoms with van der Waals surface area (Å²) in [5.41, 5.74) is 1.48. The van der Waals surface area contributed by atoms with Crippen molar-refractivity contribution in [1.29, 1.82) is 0 Å². The van der Waals surface area contributed by atoms with Crippen molar-refractivity contribution in [1.82, 2.24) is 20.2 Å². The number of nitrogens with zero attached hydrogens (tertiary/aromatic N) is 4. The maximum atomic E-state index is 13.2. The molecule has 0 spiro atoms. The Morgan fingerprint density at radius 3 is 2.71 bits per heavy atom. The summed E-state index contributed by atoms with van der Waals surface area (Å²) in [5.74, 6) is 1.22. The summed E-state index contributed by atoms with van der Waals surface area (Å²) >= 11 is 6.52. The molecule has 3 heterocycles. The number of ether oxygens (including phenoxy) is 2. The highest BCUT2D eigenvalue weighted by atomic mass is 32.1. The maximum Gasteiger partial charge on any atom is 0.318 e. The van der Waals surface area contributed by atoms with Gasteiger partial charge in [0.2, 0.25) is 0 Å². The Labute approximate surface area is 209 Å². The molecule has 0 bridgehead atoms. The van der Waals surface area contributed by atoms with Crippen LogP contribution in [-0.4, -0.2) is 61.6 Å². The molecule has 8 nitrogen and oxygen atoms in total. The van der Waals surface area contributed by atoms with Crippen LogP contribution in [0.25, 0.3) is 0 Å². The zero-order valence-electron chi connectivity index (χ0n) is 19.5. The molecule has 0 saturated carbocycles. The first-order chi connectivity index (χ1) is 16.4. The molecular formula is C24H29N5O3S2. The molecule has 1 atom stereocenters. The van der Waals surface area contributed by atoms with Crippen molar-refractivity contribution in [3.8, 4) is 11.8 Å². The molecule has 1 unspecified atom stereocenters. The first-order valence-electron chi connectivity index (χ1n) is 11.0. The number of aromatic nitrogens is 2. The van der Waals surface area contributed by atoms with E-state index in [4.69, 9.17) is 22.1 Å². The molecule has 0 fully saturated rings. The Hall–Kier alpha value is -2.82. The predicted octanol–water partition coefficient (Wildman–Crippen LogP) is 3.41. The molecule has 4 rings (SSSR count). The Morgan fingerprint density at radius 2 is 2.03 bits per heavy atom. The molecular weight excluding hydrogens is 470 g/mol. The number of carbonyl (C=O) groups excluding carboxylic acids is 1. The van der Waals surface area contributed by atoms with Crippen molar-refractivity contribution < 1.29 is 14.3 Å². The summed E-state index contributed by atoms with van der Waals surface area (Å²) in [6.45, 7) is 2.50. The second kappa shape index (κ2) is 10.6. The summed E-state index contributed by atoms with van der Waals surface area (Å²) in [6, 6.07) is 12.1. The number of nitrogens with one attached hydrogen (secondary N) is 1. The summed E-state index contributed by atoms with van der Waals surface area (Å²) < 4.78 is 11.5. The van der Waals surface area contributed by atoms with Crippen LogP contribution < -0.4 is 19.7 Å². The third-order valence-corrected chi connectivity index (χ3v) is 7.44. The Bertz CT molecular complexity index is 1110. The lowest BCUT2D eigenvalue weighted by Gasteiger charge is -2.29. The van der Waals surface area contributed by atoms with Gasteiger partial charge in [-0.25, -0.2) is 4.98 Å². The normalized spacial score (nSPS) is 15.5. The number of likely N-dealkylation sites (N-methyl/N-ethyl adjacent to an activating group) is 1. The van der Waals surface area contributed by atoms with Crippen molar-refractivity contribution in [2.75, 3.05) is 45.7 Å². The number of thiophene rings is 1. The lowest BCUT2D eigenvalue weighted by molar-refractivity contribution is 0.0754. The van der Waals surface area contributed by atoms with Gasteiger partial charge >= 0.3 is 6.01 Å². The third-order valence-electron chi connectivity index (χ3n) is 5.72. The van der Waals surface area contributed by atoms with Crippen LogP contribution in [0.3, 0.4) is 0 Å². The van der Waals surface area contributed by atoms with E-state index in [1.807, 2.05) is 65.7 Å². The average molecular weight is 500 g/mol. The number of rotatable bonds is 9. The highest BCUT2D eigenvalue weighted by Gasteiger charge is 2.31. The van der Waals surface area contributed by atoms with Crippen LogP contribution in [0.2, 0.25) is 0 Å². The SMILES string of the molecule is CNCCC(S)(Oc1ccc(CN2CCN(C)c3nc(OC)ncc3C2=O)cc1)c1cccs1. The number of benzene rings is 1. The predicted molar refractivity (Wildman–Crippen MR) is 137 cm³/mol. The Kier molecular flexibility index (Phi) is 7.60. The van der Waals surface area contributed by atoms with Gasteiger partial charge < -0.3 is 24.6 Å². The van der Waals surface area contributed by atoms with Crippen molar-refractivity contribution >= 4 is 35.7 Å². The molecule has 1 aliphatic heterocycles. The van der Waals surface area contributed by atoms with Gasteiger partial charge in [-0.15, -0.1) is 24.0 Å². The van der Waals surface area contributed by atoms with E-state index in [-0.39, 0.29) is 11.9 Å². The zero-order chi connectivity index (χ0) is 24.1. The minimum Gasteiger partial charge on any atom is -0.472 e. The van der Waals surface area contributed by atoms with Gasteiger partial charge in [-0.3, -0.25) is 4.79 Å². The van der Waals surface area contributed by atoms with E-state index in [0.29, 0.717) is 31.0 Å². The Balaban J connectivity index is 1.48. The lowest BCUT2D eigenvalue weighted by Crippen LogP contribution is -2.33. The van der Waals surface area contributed by atoms with Crippen molar-refractivity contribution in [3.63, 3.8) is 0 Å². The van der Waals surface area contributed by atoms with Crippen LogP contribution in [0.4, 0.5) is 5.82 Å². The van der Waals surface area contributed by atoms with E-state index in [2.05, 4.69) is 15.3 Å². The van der Waals surface area contributed by atoms with Crippen LogP contribution >= 0.6 is 24.0 Å². The second-order valence-electron chi connectivity index (χ2n) is 8.10. The van der Waals surface area contributed by atoms with Gasteiger partial charge in [0.05, 0.1) is 12.0 Å². The molecule has 0 saturated heterocycles. The first-order valence-corrected chi connectivity index (χ1v) is 12.4. The zero-order valence-corrected chi connectivity index (χ0v) is 21.2. The van der Waals surface area contributed by atoms with Gasteiger partial charge in [0.15, 0.2) is 4.93 Å². The standard InChI is InChI=1S/C24H29N5O3S2/c1-25-11-10-24(33,20-5-4-14-34-20)32-18-8-6-17(7-9-18)16-29-13-12-28(2)21-19(22(29)30)15-26-23(27-21)31-3/h4-9,14-15,25,33H,10-13,16H2,1-3H3. The number of hydrogen-bond donors (Lipinski definition) is 2. The average Bonchev–Trinajstić information content (AvgIpc) is 3.38. The minimum atomic E-state index is -0.713. The molecule has 1 aromatic carbocycles. The molecule has 3 aromatic rings. The van der Waals surface area contributed by atoms with Crippen molar-refractivity contribution in [3.05, 3.63) is 64.0 Å².